The van der Waals surface area contributed by atoms with Gasteiger partial charge in [-0.05, 0) is 30.8 Å². The van der Waals surface area contributed by atoms with Gasteiger partial charge in [-0.2, -0.15) is 10.2 Å². The van der Waals surface area contributed by atoms with E-state index in [0.717, 1.165) is 38.4 Å². The second-order valence-electron chi connectivity index (χ2n) is 10.6. The molecule has 0 radical (unpaired) electrons. The Morgan fingerprint density at radius 1 is 1.00 bits per heavy atom. The molecule has 0 saturated carbocycles. The number of nitrogens with one attached hydrogen (secondary N) is 2. The Kier molecular flexibility index (Phi) is 8.99. The van der Waals surface area contributed by atoms with Crippen LogP contribution in [0.25, 0.3) is 27.8 Å². The van der Waals surface area contributed by atoms with Crippen LogP contribution < -0.4 is 25.0 Å². The Balaban J connectivity index is 1.38. The molecule has 46 heavy (non-hydrogen) atoms. The number of fused-ring (bicyclic) bond motifs is 3. The molecule has 0 bridgehead atoms. The first-order valence-electron chi connectivity index (χ1n) is 14.6. The fourth-order valence-corrected chi connectivity index (χ4v) is 6.29. The molecule has 1 fully saturated rings. The zero-order valence-electron chi connectivity index (χ0n) is 25.5. The third-order valence-electron chi connectivity index (χ3n) is 8.00. The van der Waals surface area contributed by atoms with E-state index in [1.807, 2.05) is 34.7 Å². The molecule has 0 aliphatic carbocycles. The molecule has 0 unspecified atom stereocenters. The maximum atomic E-state index is 12.5. The van der Waals surface area contributed by atoms with Crippen LogP contribution in [0, 0.1) is 11.3 Å². The molecule has 14 heteroatoms. The fraction of sp³-hybridized carbons (Fsp3) is 0.281. The van der Waals surface area contributed by atoms with E-state index in [-0.39, 0.29) is 6.42 Å². The minimum atomic E-state index is -0.405. The van der Waals surface area contributed by atoms with Crippen LogP contribution >= 0.6 is 23.2 Å². The topological polar surface area (TPSA) is 133 Å². The zero-order chi connectivity index (χ0) is 32.4. The van der Waals surface area contributed by atoms with Crippen molar-refractivity contribution in [2.45, 2.75) is 13.3 Å². The molecular weight excluding hydrogens is 629 g/mol. The van der Waals surface area contributed by atoms with Crippen molar-refractivity contribution in [1.82, 2.24) is 24.3 Å². The van der Waals surface area contributed by atoms with Gasteiger partial charge in [0.2, 0.25) is 11.9 Å². The summed E-state index contributed by atoms with van der Waals surface area (Å²) >= 11 is 13.5. The lowest BCUT2D eigenvalue weighted by atomic mass is 10.0. The molecule has 4 heterocycles. The van der Waals surface area contributed by atoms with Gasteiger partial charge in [0.15, 0.2) is 5.65 Å². The molecule has 1 saturated heterocycles. The summed E-state index contributed by atoms with van der Waals surface area (Å²) in [5, 5.41) is 16.5. The lowest BCUT2D eigenvalue weighted by Crippen LogP contribution is -2.46. The number of pyridine rings is 1. The summed E-state index contributed by atoms with van der Waals surface area (Å²) in [6.45, 7) is 6.86. The van der Waals surface area contributed by atoms with Gasteiger partial charge >= 0.3 is 0 Å². The van der Waals surface area contributed by atoms with Crippen molar-refractivity contribution >= 4 is 68.8 Å². The Bertz CT molecular complexity index is 1960. The molecule has 1 aliphatic rings. The molecule has 2 aromatic carbocycles. The number of methoxy groups -OCH3 is 2. The van der Waals surface area contributed by atoms with Gasteiger partial charge < -0.3 is 29.9 Å². The van der Waals surface area contributed by atoms with Crippen LogP contribution in [0.3, 0.4) is 0 Å². The molecular formula is C32H31Cl2N9O3. The number of hydrogen-bond acceptors (Lipinski definition) is 10. The SMILES string of the molecule is CCN1CCN(c2ccc(Nc3ncc4cc(-c5c(Cl)c(OC)cc(OC)c5Cl)c5nccn5c4n3)c(NC(=O)CC#N)c2)CC1. The molecule has 1 aliphatic heterocycles. The van der Waals surface area contributed by atoms with Crippen molar-refractivity contribution < 1.29 is 14.3 Å². The third-order valence-corrected chi connectivity index (χ3v) is 8.75. The first kappa shape index (κ1) is 31.2. The maximum Gasteiger partial charge on any atom is 0.238 e. The highest BCUT2D eigenvalue weighted by atomic mass is 35.5. The van der Waals surface area contributed by atoms with Crippen molar-refractivity contribution in [2.24, 2.45) is 0 Å². The number of aromatic nitrogens is 4. The Hall–Kier alpha value is -4.83. The second kappa shape index (κ2) is 13.3. The van der Waals surface area contributed by atoms with E-state index in [4.69, 9.17) is 42.9 Å². The minimum Gasteiger partial charge on any atom is -0.495 e. The zero-order valence-corrected chi connectivity index (χ0v) is 27.0. The molecule has 236 valence electrons. The average molecular weight is 661 g/mol. The highest BCUT2D eigenvalue weighted by Crippen LogP contribution is 2.47. The lowest BCUT2D eigenvalue weighted by Gasteiger charge is -2.35. The molecule has 1 amide bonds. The number of anilines is 4. The number of halogens is 2. The molecule has 2 N–H and O–H groups in total. The molecule has 5 aromatic rings. The van der Waals surface area contributed by atoms with Crippen LogP contribution in [0.2, 0.25) is 10.0 Å². The number of piperazine rings is 1. The van der Waals surface area contributed by atoms with E-state index in [9.17, 15) is 4.79 Å². The average Bonchev–Trinajstić information content (AvgIpc) is 3.57. The quantitative estimate of drug-likeness (QED) is 0.194. The van der Waals surface area contributed by atoms with Crippen LogP contribution in [-0.2, 0) is 4.79 Å². The summed E-state index contributed by atoms with van der Waals surface area (Å²) in [5.74, 6) is 0.711. The number of carbonyl (C=O) groups excluding carboxylic acids is 1. The summed E-state index contributed by atoms with van der Waals surface area (Å²) in [7, 11) is 3.04. The van der Waals surface area contributed by atoms with Gasteiger partial charge in [0.25, 0.3) is 0 Å². The van der Waals surface area contributed by atoms with Gasteiger partial charge in [0, 0.05) is 73.0 Å². The van der Waals surface area contributed by atoms with Crippen molar-refractivity contribution in [1.29, 1.82) is 5.26 Å². The summed E-state index contributed by atoms with van der Waals surface area (Å²) in [6.07, 6.45) is 4.87. The molecule has 3 aromatic heterocycles. The van der Waals surface area contributed by atoms with Crippen LogP contribution in [0.15, 0.2) is 48.9 Å². The van der Waals surface area contributed by atoms with Gasteiger partial charge in [-0.25, -0.2) is 9.97 Å². The standard InChI is InChI=1S/C32H31Cl2N9O3/c1-4-41-11-13-42(14-12-41)20-5-6-22(23(16-20)38-26(44)7-8-35)39-32-37-18-19-15-21(31-36-9-10-43(31)30(19)40-32)27-28(33)24(45-2)17-25(46-3)29(27)34/h5-6,9-10,15-18H,4,7,11-14H2,1-3H3,(H,38,44)(H,37,39,40). The van der Waals surface area contributed by atoms with E-state index in [0.29, 0.717) is 66.7 Å². The van der Waals surface area contributed by atoms with Gasteiger partial charge in [0.1, 0.15) is 23.6 Å². The summed E-state index contributed by atoms with van der Waals surface area (Å²) < 4.78 is 12.8. The van der Waals surface area contributed by atoms with E-state index in [1.165, 1.54) is 14.2 Å². The van der Waals surface area contributed by atoms with Crippen LogP contribution in [0.4, 0.5) is 23.0 Å². The summed E-state index contributed by atoms with van der Waals surface area (Å²) in [4.78, 5) is 31.1. The molecule has 0 atom stereocenters. The first-order chi connectivity index (χ1) is 22.3. The van der Waals surface area contributed by atoms with Crippen molar-refractivity contribution in [3.63, 3.8) is 0 Å². The van der Waals surface area contributed by atoms with Gasteiger partial charge in [0.05, 0.1) is 41.7 Å². The van der Waals surface area contributed by atoms with Crippen molar-refractivity contribution in [3.05, 3.63) is 59.0 Å². The second-order valence-corrected chi connectivity index (χ2v) is 11.4. The van der Waals surface area contributed by atoms with Crippen LogP contribution in [0.5, 0.6) is 11.5 Å². The smallest absolute Gasteiger partial charge is 0.238 e. The number of nitriles is 1. The highest BCUT2D eigenvalue weighted by molar-refractivity contribution is 6.41. The summed E-state index contributed by atoms with van der Waals surface area (Å²) in [5.41, 5.74) is 4.39. The van der Waals surface area contributed by atoms with Crippen LogP contribution in [-0.4, -0.2) is 77.1 Å². The number of amides is 1. The lowest BCUT2D eigenvalue weighted by molar-refractivity contribution is -0.115. The first-order valence-corrected chi connectivity index (χ1v) is 15.4. The Morgan fingerprint density at radius 3 is 2.41 bits per heavy atom. The van der Waals surface area contributed by atoms with Gasteiger partial charge in [-0.1, -0.05) is 30.1 Å². The monoisotopic (exact) mass is 659 g/mol. The Labute approximate surface area is 275 Å². The molecule has 12 nitrogen and oxygen atoms in total. The normalized spacial score (nSPS) is 13.5. The summed E-state index contributed by atoms with van der Waals surface area (Å²) in [6, 6.07) is 11.2. The number of ether oxygens (including phenoxy) is 2. The number of likely N-dealkylation sites (N-methyl/N-ethyl adjacent to an activating group) is 1. The van der Waals surface area contributed by atoms with Crippen molar-refractivity contribution in [2.75, 3.05) is 62.5 Å². The van der Waals surface area contributed by atoms with E-state index >= 15 is 0 Å². The largest absolute Gasteiger partial charge is 0.495 e. The van der Waals surface area contributed by atoms with E-state index < -0.39 is 5.91 Å². The number of rotatable bonds is 9. The highest BCUT2D eigenvalue weighted by Gasteiger charge is 2.23. The maximum absolute atomic E-state index is 12.5. The molecule has 0 spiro atoms. The number of benzene rings is 2. The van der Waals surface area contributed by atoms with Gasteiger partial charge in [-0.3, -0.25) is 9.20 Å². The number of carbonyl (C=O) groups is 1. The predicted molar refractivity (Wildman–Crippen MR) is 180 cm³/mol. The third kappa shape index (κ3) is 5.92. The number of imidazole rings is 1. The minimum absolute atomic E-state index is 0.264. The van der Waals surface area contributed by atoms with Crippen LogP contribution in [0.1, 0.15) is 13.3 Å². The fourth-order valence-electron chi connectivity index (χ4n) is 5.59. The van der Waals surface area contributed by atoms with E-state index in [1.54, 1.807) is 24.7 Å². The van der Waals surface area contributed by atoms with Gasteiger partial charge in [-0.15, -0.1) is 0 Å². The Morgan fingerprint density at radius 2 is 1.74 bits per heavy atom. The predicted octanol–water partition coefficient (Wildman–Crippen LogP) is 6.01. The molecule has 6 rings (SSSR count). The van der Waals surface area contributed by atoms with Crippen molar-refractivity contribution in [3.8, 4) is 28.7 Å². The van der Waals surface area contributed by atoms with E-state index in [2.05, 4.69) is 37.3 Å². The number of nitrogens with zero attached hydrogens (tertiary/aromatic N) is 7. The number of hydrogen-bond donors (Lipinski definition) is 2.